The van der Waals surface area contributed by atoms with Crippen LogP contribution in [0, 0.1) is 11.3 Å². The van der Waals surface area contributed by atoms with Gasteiger partial charge in [0, 0.05) is 0 Å². The van der Waals surface area contributed by atoms with E-state index < -0.39 is 0 Å². The maximum absolute atomic E-state index is 11.5. The number of ether oxygens (including phenoxy) is 1. The van der Waals surface area contributed by atoms with Gasteiger partial charge in [0.2, 0.25) is 0 Å². The van der Waals surface area contributed by atoms with Crippen LogP contribution < -0.4 is 0 Å². The average molecular weight is 247 g/mol. The second-order valence-corrected chi connectivity index (χ2v) is 3.83. The molecule has 0 radical (unpaired) electrons. The molecule has 0 spiro atoms. The number of hydrogen-bond donors (Lipinski definition) is 1. The lowest BCUT2D eigenvalue weighted by atomic mass is 9.93. The fraction of sp³-hybridized carbons (Fsp3) is 0.429. The molecule has 1 N–H and O–H groups in total. The van der Waals surface area contributed by atoms with Gasteiger partial charge >= 0.3 is 5.97 Å². The normalized spacial score (nSPS) is 9.89. The van der Waals surface area contributed by atoms with Crippen molar-refractivity contribution in [2.45, 2.75) is 33.3 Å². The van der Waals surface area contributed by atoms with Gasteiger partial charge in [-0.1, -0.05) is 13.0 Å². The summed E-state index contributed by atoms with van der Waals surface area (Å²) >= 11 is 0. The van der Waals surface area contributed by atoms with Gasteiger partial charge in [-0.25, -0.2) is 0 Å². The van der Waals surface area contributed by atoms with Crippen molar-refractivity contribution < 1.29 is 14.6 Å². The molecule has 0 amide bonds. The molecular weight excluding hydrogens is 230 g/mol. The molecule has 1 aromatic rings. The molecule has 0 aliphatic carbocycles. The van der Waals surface area contributed by atoms with Crippen LogP contribution in [-0.4, -0.2) is 17.7 Å². The molecule has 4 heteroatoms. The van der Waals surface area contributed by atoms with Gasteiger partial charge in [-0.2, -0.15) is 5.26 Å². The second-order valence-electron chi connectivity index (χ2n) is 3.83. The predicted octanol–water partition coefficient (Wildman–Crippen LogP) is 1.72. The van der Waals surface area contributed by atoms with Crippen molar-refractivity contribution >= 4 is 5.97 Å². The first-order valence-corrected chi connectivity index (χ1v) is 5.98. The van der Waals surface area contributed by atoms with Crippen LogP contribution >= 0.6 is 0 Å². The highest BCUT2D eigenvalue weighted by Gasteiger charge is 2.14. The minimum atomic E-state index is -0.291. The predicted molar refractivity (Wildman–Crippen MR) is 66.8 cm³/mol. The fourth-order valence-corrected chi connectivity index (χ4v) is 2.00. The summed E-state index contributed by atoms with van der Waals surface area (Å²) in [6, 6.07) is 5.45. The van der Waals surface area contributed by atoms with Gasteiger partial charge in [0.05, 0.1) is 31.3 Å². The van der Waals surface area contributed by atoms with E-state index in [0.717, 1.165) is 11.1 Å². The van der Waals surface area contributed by atoms with Gasteiger partial charge in [-0.05, 0) is 36.1 Å². The fourth-order valence-electron chi connectivity index (χ4n) is 2.00. The van der Waals surface area contributed by atoms with Crippen molar-refractivity contribution in [3.05, 3.63) is 34.4 Å². The van der Waals surface area contributed by atoms with Crippen LogP contribution in [0.5, 0.6) is 0 Å². The number of aliphatic hydroxyl groups excluding tert-OH is 1. The number of carbonyl (C=O) groups is 1. The van der Waals surface area contributed by atoms with Crippen LogP contribution in [-0.2, 0) is 29.0 Å². The molecule has 0 aliphatic heterocycles. The van der Waals surface area contributed by atoms with Crippen molar-refractivity contribution in [2.24, 2.45) is 0 Å². The van der Waals surface area contributed by atoms with E-state index in [-0.39, 0.29) is 19.0 Å². The number of nitrogens with zero attached hydrogens (tertiary/aromatic N) is 1. The molecular formula is C14H17NO3. The SMILES string of the molecule is CCOC(=O)Cc1ccc(C#N)c(CO)c1CC. The van der Waals surface area contributed by atoms with Crippen LogP contribution in [0.1, 0.15) is 36.1 Å². The molecule has 0 heterocycles. The van der Waals surface area contributed by atoms with Crippen molar-refractivity contribution in [3.63, 3.8) is 0 Å². The Kier molecular flexibility index (Phi) is 5.34. The Balaban J connectivity index is 3.13. The van der Waals surface area contributed by atoms with Gasteiger partial charge < -0.3 is 9.84 Å². The molecule has 0 atom stereocenters. The first-order valence-electron chi connectivity index (χ1n) is 5.98. The van der Waals surface area contributed by atoms with E-state index in [1.807, 2.05) is 6.92 Å². The summed E-state index contributed by atoms with van der Waals surface area (Å²) in [7, 11) is 0. The van der Waals surface area contributed by atoms with Gasteiger partial charge in [0.25, 0.3) is 0 Å². The summed E-state index contributed by atoms with van der Waals surface area (Å²) < 4.78 is 4.91. The lowest BCUT2D eigenvalue weighted by molar-refractivity contribution is -0.142. The molecule has 4 nitrogen and oxygen atoms in total. The molecule has 0 bridgehead atoms. The van der Waals surface area contributed by atoms with Crippen LogP contribution in [0.2, 0.25) is 0 Å². The highest BCUT2D eigenvalue weighted by molar-refractivity contribution is 5.73. The van der Waals surface area contributed by atoms with Crippen LogP contribution in [0.3, 0.4) is 0 Å². The van der Waals surface area contributed by atoms with E-state index in [4.69, 9.17) is 10.00 Å². The number of benzene rings is 1. The van der Waals surface area contributed by atoms with Crippen LogP contribution in [0.15, 0.2) is 12.1 Å². The summed E-state index contributed by atoms with van der Waals surface area (Å²) in [5, 5.41) is 18.3. The number of aliphatic hydroxyl groups is 1. The Hall–Kier alpha value is -1.86. The highest BCUT2D eigenvalue weighted by Crippen LogP contribution is 2.21. The quantitative estimate of drug-likeness (QED) is 0.804. The number of hydrogen-bond acceptors (Lipinski definition) is 4. The summed E-state index contributed by atoms with van der Waals surface area (Å²) in [5.41, 5.74) is 2.76. The summed E-state index contributed by atoms with van der Waals surface area (Å²) in [6.45, 7) is 3.85. The third-order valence-corrected chi connectivity index (χ3v) is 2.80. The molecule has 0 aromatic heterocycles. The van der Waals surface area contributed by atoms with Crippen molar-refractivity contribution in [1.29, 1.82) is 5.26 Å². The van der Waals surface area contributed by atoms with Crippen molar-refractivity contribution in [1.82, 2.24) is 0 Å². The van der Waals surface area contributed by atoms with E-state index in [1.165, 1.54) is 0 Å². The zero-order valence-electron chi connectivity index (χ0n) is 10.7. The third kappa shape index (κ3) is 3.08. The summed E-state index contributed by atoms with van der Waals surface area (Å²) in [6.07, 6.45) is 0.843. The molecule has 1 rings (SSSR count). The zero-order chi connectivity index (χ0) is 13.5. The van der Waals surface area contributed by atoms with E-state index in [0.29, 0.717) is 24.2 Å². The Morgan fingerprint density at radius 1 is 1.39 bits per heavy atom. The lowest BCUT2D eigenvalue weighted by Crippen LogP contribution is -2.11. The third-order valence-electron chi connectivity index (χ3n) is 2.80. The highest BCUT2D eigenvalue weighted by atomic mass is 16.5. The topological polar surface area (TPSA) is 70.3 Å². The first kappa shape index (κ1) is 14.2. The molecule has 0 saturated heterocycles. The number of nitriles is 1. The average Bonchev–Trinajstić information content (AvgIpc) is 2.38. The summed E-state index contributed by atoms with van der Waals surface area (Å²) in [5.74, 6) is -0.291. The molecule has 0 aliphatic rings. The smallest absolute Gasteiger partial charge is 0.310 e. The number of carbonyl (C=O) groups excluding carboxylic acids is 1. The standard InChI is InChI=1S/C14H17NO3/c1-3-12-10(7-14(17)18-4-2)5-6-11(8-15)13(12)9-16/h5-6,16H,3-4,7,9H2,1-2H3. The van der Waals surface area contributed by atoms with Gasteiger partial charge in [0.15, 0.2) is 0 Å². The van der Waals surface area contributed by atoms with E-state index >= 15 is 0 Å². The second kappa shape index (κ2) is 6.77. The van der Waals surface area contributed by atoms with Crippen LogP contribution in [0.25, 0.3) is 0 Å². The summed E-state index contributed by atoms with van der Waals surface area (Å²) in [4.78, 5) is 11.5. The Bertz CT molecular complexity index is 475. The minimum absolute atomic E-state index is 0.176. The van der Waals surface area contributed by atoms with Gasteiger partial charge in [-0.15, -0.1) is 0 Å². The first-order chi connectivity index (χ1) is 8.67. The monoisotopic (exact) mass is 247 g/mol. The zero-order valence-corrected chi connectivity index (χ0v) is 10.7. The van der Waals surface area contributed by atoms with Crippen molar-refractivity contribution in [3.8, 4) is 6.07 Å². The van der Waals surface area contributed by atoms with Gasteiger partial charge in [0.1, 0.15) is 0 Å². The van der Waals surface area contributed by atoms with Crippen LogP contribution in [0.4, 0.5) is 0 Å². The largest absolute Gasteiger partial charge is 0.466 e. The molecule has 0 fully saturated rings. The molecule has 96 valence electrons. The molecule has 18 heavy (non-hydrogen) atoms. The Morgan fingerprint density at radius 3 is 2.61 bits per heavy atom. The number of esters is 1. The Morgan fingerprint density at radius 2 is 2.11 bits per heavy atom. The van der Waals surface area contributed by atoms with E-state index in [2.05, 4.69) is 6.07 Å². The van der Waals surface area contributed by atoms with Gasteiger partial charge in [-0.3, -0.25) is 4.79 Å². The molecule has 1 aromatic carbocycles. The molecule has 0 saturated carbocycles. The molecule has 0 unspecified atom stereocenters. The minimum Gasteiger partial charge on any atom is -0.466 e. The Labute approximate surface area is 107 Å². The van der Waals surface area contributed by atoms with E-state index in [1.54, 1.807) is 19.1 Å². The van der Waals surface area contributed by atoms with E-state index in [9.17, 15) is 9.90 Å². The lowest BCUT2D eigenvalue weighted by Gasteiger charge is -2.13. The maximum atomic E-state index is 11.5. The maximum Gasteiger partial charge on any atom is 0.310 e. The van der Waals surface area contributed by atoms with Crippen molar-refractivity contribution in [2.75, 3.05) is 6.61 Å². The number of rotatable bonds is 5.